The first-order valence-electron chi connectivity index (χ1n) is 4.13. The van der Waals surface area contributed by atoms with E-state index in [2.05, 4.69) is 6.58 Å². The standard InChI is InChI=1S/C8H12Cl3O2Si/c1-2-8(12)13-6-4-3-5-7-14(9,10)11/h2,4H,1,3,5-7H2. The fourth-order valence-corrected chi connectivity index (χ4v) is 2.54. The van der Waals surface area contributed by atoms with Gasteiger partial charge in [0.1, 0.15) is 0 Å². The minimum atomic E-state index is -2.47. The molecule has 0 heterocycles. The molecule has 0 unspecified atom stereocenters. The van der Waals surface area contributed by atoms with E-state index in [-0.39, 0.29) is 6.61 Å². The molecule has 0 saturated carbocycles. The van der Waals surface area contributed by atoms with Gasteiger partial charge in [-0.2, -0.15) is 0 Å². The zero-order valence-electron chi connectivity index (χ0n) is 7.64. The summed E-state index contributed by atoms with van der Waals surface area (Å²) in [5.74, 6) is -0.419. The molecule has 0 aliphatic rings. The van der Waals surface area contributed by atoms with Gasteiger partial charge in [-0.1, -0.05) is 13.0 Å². The largest absolute Gasteiger partial charge is 0.462 e. The second-order valence-electron chi connectivity index (χ2n) is 2.63. The molecule has 0 aliphatic heterocycles. The summed E-state index contributed by atoms with van der Waals surface area (Å²) in [7, 11) is 0. The monoisotopic (exact) mass is 273 g/mol. The van der Waals surface area contributed by atoms with Crippen molar-refractivity contribution in [1.82, 2.24) is 0 Å². The first-order valence-corrected chi connectivity index (χ1v) is 9.37. The Hall–Kier alpha value is 0.297. The van der Waals surface area contributed by atoms with E-state index >= 15 is 0 Å². The maximum absolute atomic E-state index is 10.6. The fraction of sp³-hybridized carbons (Fsp3) is 0.500. The Balaban J connectivity index is 3.22. The van der Waals surface area contributed by atoms with Gasteiger partial charge in [-0.25, -0.2) is 4.79 Å². The normalized spacial score (nSPS) is 11.1. The van der Waals surface area contributed by atoms with Gasteiger partial charge in [0.05, 0.1) is 6.61 Å². The van der Waals surface area contributed by atoms with E-state index in [1.807, 2.05) is 6.42 Å². The number of halogens is 3. The zero-order valence-corrected chi connectivity index (χ0v) is 10.9. The molecular weight excluding hydrogens is 263 g/mol. The van der Waals surface area contributed by atoms with E-state index in [0.717, 1.165) is 18.9 Å². The lowest BCUT2D eigenvalue weighted by Crippen LogP contribution is -2.08. The van der Waals surface area contributed by atoms with E-state index in [0.29, 0.717) is 6.04 Å². The van der Waals surface area contributed by atoms with E-state index < -0.39 is 12.0 Å². The third-order valence-electron chi connectivity index (χ3n) is 1.38. The Morgan fingerprint density at radius 2 is 2.07 bits per heavy atom. The highest BCUT2D eigenvalue weighted by Crippen LogP contribution is 2.27. The number of hydrogen-bond acceptors (Lipinski definition) is 2. The highest BCUT2D eigenvalue weighted by atomic mass is 35.8. The number of esters is 1. The highest BCUT2D eigenvalue weighted by molar-refractivity contribution is 7.64. The predicted octanol–water partition coefficient (Wildman–Crippen LogP) is 3.36. The van der Waals surface area contributed by atoms with Crippen molar-refractivity contribution in [3.63, 3.8) is 0 Å². The van der Waals surface area contributed by atoms with Crippen molar-refractivity contribution in [2.24, 2.45) is 0 Å². The van der Waals surface area contributed by atoms with Crippen LogP contribution in [0.15, 0.2) is 12.7 Å². The van der Waals surface area contributed by atoms with Crippen LogP contribution in [0.5, 0.6) is 0 Å². The van der Waals surface area contributed by atoms with Crippen molar-refractivity contribution < 1.29 is 9.53 Å². The summed E-state index contributed by atoms with van der Waals surface area (Å²) in [5, 5.41) is 0. The lowest BCUT2D eigenvalue weighted by atomic mass is 10.3. The molecule has 0 bridgehead atoms. The van der Waals surface area contributed by atoms with Crippen molar-refractivity contribution in [3.05, 3.63) is 19.1 Å². The summed E-state index contributed by atoms with van der Waals surface area (Å²) in [6.07, 6.45) is 4.56. The molecule has 0 fully saturated rings. The lowest BCUT2D eigenvalue weighted by molar-refractivity contribution is -0.136. The Bertz CT molecular complexity index is 192. The minimum Gasteiger partial charge on any atom is -0.462 e. The Labute approximate surface area is 99.3 Å². The summed E-state index contributed by atoms with van der Waals surface area (Å²) in [6, 6.07) is -1.84. The van der Waals surface area contributed by atoms with Gasteiger partial charge in [0.25, 0.3) is 0 Å². The van der Waals surface area contributed by atoms with Gasteiger partial charge >= 0.3 is 12.0 Å². The van der Waals surface area contributed by atoms with Gasteiger partial charge in [-0.15, -0.1) is 33.2 Å². The molecule has 6 heteroatoms. The lowest BCUT2D eigenvalue weighted by Gasteiger charge is -2.06. The minimum absolute atomic E-state index is 0.284. The number of carbonyl (C=O) groups is 1. The molecule has 0 amide bonds. The summed E-state index contributed by atoms with van der Waals surface area (Å²) in [4.78, 5) is 10.6. The number of unbranched alkanes of at least 4 members (excludes halogenated alkanes) is 2. The molecule has 0 rings (SSSR count). The average Bonchev–Trinajstić information content (AvgIpc) is 2.08. The van der Waals surface area contributed by atoms with E-state index in [9.17, 15) is 4.79 Å². The molecule has 1 radical (unpaired) electrons. The number of hydrogen-bond donors (Lipinski definition) is 0. The Morgan fingerprint density at radius 1 is 1.43 bits per heavy atom. The van der Waals surface area contributed by atoms with Crippen molar-refractivity contribution in [2.45, 2.75) is 18.9 Å². The first-order chi connectivity index (χ1) is 6.45. The molecule has 0 spiro atoms. The summed E-state index contributed by atoms with van der Waals surface area (Å²) in [6.45, 7) is 3.56. The van der Waals surface area contributed by atoms with Crippen molar-refractivity contribution in [1.29, 1.82) is 0 Å². The van der Waals surface area contributed by atoms with Crippen LogP contribution in [0.4, 0.5) is 0 Å². The van der Waals surface area contributed by atoms with Crippen LogP contribution in [-0.2, 0) is 9.53 Å². The van der Waals surface area contributed by atoms with Crippen molar-refractivity contribution >= 4 is 45.2 Å². The van der Waals surface area contributed by atoms with Crippen LogP contribution >= 0.6 is 33.2 Å². The molecule has 14 heavy (non-hydrogen) atoms. The topological polar surface area (TPSA) is 26.3 Å². The summed E-state index contributed by atoms with van der Waals surface area (Å²) in [5.41, 5.74) is 0. The molecule has 0 atom stereocenters. The molecule has 0 aromatic rings. The van der Waals surface area contributed by atoms with Crippen LogP contribution in [-0.4, -0.2) is 18.6 Å². The van der Waals surface area contributed by atoms with Gasteiger partial charge in [0.2, 0.25) is 0 Å². The summed E-state index contributed by atoms with van der Waals surface area (Å²) >= 11 is 17.0. The third-order valence-corrected chi connectivity index (χ3v) is 4.00. The van der Waals surface area contributed by atoms with Gasteiger partial charge in [0, 0.05) is 6.08 Å². The Morgan fingerprint density at radius 3 is 2.57 bits per heavy atom. The molecule has 0 aromatic heterocycles. The van der Waals surface area contributed by atoms with Gasteiger partial charge in [-0.05, 0) is 18.9 Å². The quantitative estimate of drug-likeness (QED) is 0.234. The predicted molar refractivity (Wildman–Crippen MR) is 62.8 cm³/mol. The number of ether oxygens (including phenoxy) is 1. The van der Waals surface area contributed by atoms with Crippen molar-refractivity contribution in [2.75, 3.05) is 6.61 Å². The van der Waals surface area contributed by atoms with E-state index in [1.54, 1.807) is 0 Å². The van der Waals surface area contributed by atoms with Crippen LogP contribution in [0, 0.1) is 6.42 Å². The van der Waals surface area contributed by atoms with E-state index in [1.165, 1.54) is 0 Å². The summed E-state index contributed by atoms with van der Waals surface area (Å²) < 4.78 is 4.72. The van der Waals surface area contributed by atoms with E-state index in [4.69, 9.17) is 38.0 Å². The molecule has 0 N–H and O–H groups in total. The second kappa shape index (κ2) is 7.57. The second-order valence-corrected chi connectivity index (χ2v) is 11.9. The Kier molecular flexibility index (Phi) is 7.73. The first kappa shape index (κ1) is 14.3. The smallest absolute Gasteiger partial charge is 0.341 e. The molecular formula is C8H12Cl3O2Si. The van der Waals surface area contributed by atoms with Crippen LogP contribution in [0.25, 0.3) is 0 Å². The molecule has 2 nitrogen and oxygen atoms in total. The molecule has 0 saturated heterocycles. The van der Waals surface area contributed by atoms with Gasteiger partial charge in [0.15, 0.2) is 0 Å². The zero-order chi connectivity index (χ0) is 11.0. The van der Waals surface area contributed by atoms with Crippen molar-refractivity contribution in [3.8, 4) is 0 Å². The van der Waals surface area contributed by atoms with Gasteiger partial charge < -0.3 is 4.74 Å². The van der Waals surface area contributed by atoms with Crippen LogP contribution in [0.3, 0.4) is 0 Å². The molecule has 0 aromatic carbocycles. The molecule has 0 aliphatic carbocycles. The maximum atomic E-state index is 10.6. The number of carbonyl (C=O) groups excluding carboxylic acids is 1. The SMILES string of the molecule is C=CC(=O)OC[CH]CCC[Si](Cl)(Cl)Cl. The van der Waals surface area contributed by atoms with Gasteiger partial charge in [-0.3, -0.25) is 0 Å². The maximum Gasteiger partial charge on any atom is 0.341 e. The fourth-order valence-electron chi connectivity index (χ4n) is 0.730. The average molecular weight is 275 g/mol. The van der Waals surface area contributed by atoms with Crippen LogP contribution in [0.1, 0.15) is 12.8 Å². The highest BCUT2D eigenvalue weighted by Gasteiger charge is 2.23. The third kappa shape index (κ3) is 10.4. The van der Waals surface area contributed by atoms with Crippen LogP contribution in [0.2, 0.25) is 6.04 Å². The number of rotatable bonds is 7. The molecule has 81 valence electrons. The van der Waals surface area contributed by atoms with Crippen LogP contribution < -0.4 is 0 Å².